The second-order valence-corrected chi connectivity index (χ2v) is 4.42. The number of hydrogen-bond donors (Lipinski definition) is 2. The van der Waals surface area contributed by atoms with Crippen molar-refractivity contribution in [1.82, 2.24) is 9.97 Å². The van der Waals surface area contributed by atoms with Crippen molar-refractivity contribution in [2.75, 3.05) is 5.73 Å². The highest BCUT2D eigenvalue weighted by molar-refractivity contribution is 5.53. The molecular weight excluding hydrogens is 236 g/mol. The van der Waals surface area contributed by atoms with Gasteiger partial charge in [-0.25, -0.2) is 9.97 Å². The Morgan fingerprint density at radius 1 is 1.26 bits per heavy atom. The third-order valence-corrected chi connectivity index (χ3v) is 2.52. The van der Waals surface area contributed by atoms with Gasteiger partial charge in [-0.3, -0.25) is 0 Å². The molecule has 0 spiro atoms. The van der Waals surface area contributed by atoms with Gasteiger partial charge in [0.25, 0.3) is 0 Å². The first-order valence-electron chi connectivity index (χ1n) is 6.08. The van der Waals surface area contributed by atoms with Gasteiger partial charge in [0.2, 0.25) is 0 Å². The zero-order valence-electron chi connectivity index (χ0n) is 10.8. The van der Waals surface area contributed by atoms with E-state index in [0.29, 0.717) is 17.1 Å². The molecule has 2 aromatic heterocycles. The number of nitrogens with zero attached hydrogens (tertiary/aromatic N) is 2. The van der Waals surface area contributed by atoms with Crippen molar-refractivity contribution < 1.29 is 0 Å². The van der Waals surface area contributed by atoms with Crippen LogP contribution in [0.2, 0.25) is 0 Å². The summed E-state index contributed by atoms with van der Waals surface area (Å²) >= 11 is 0. The van der Waals surface area contributed by atoms with Gasteiger partial charge in [0.05, 0.1) is 5.56 Å². The molecule has 19 heavy (non-hydrogen) atoms. The number of rotatable bonds is 2. The van der Waals surface area contributed by atoms with Crippen molar-refractivity contribution in [1.29, 1.82) is 0 Å². The Morgan fingerprint density at radius 3 is 2.79 bits per heavy atom. The van der Waals surface area contributed by atoms with Crippen molar-refractivity contribution in [3.8, 4) is 11.8 Å². The third kappa shape index (κ3) is 3.80. The molecule has 0 aliphatic heterocycles. The Hall–Kier alpha value is -2.38. The van der Waals surface area contributed by atoms with Crippen molar-refractivity contribution in [2.24, 2.45) is 5.73 Å². The molecule has 0 amide bonds. The summed E-state index contributed by atoms with van der Waals surface area (Å²) in [6.07, 6.45) is 4.20. The van der Waals surface area contributed by atoms with Crippen LogP contribution in [0.1, 0.15) is 23.7 Å². The third-order valence-electron chi connectivity index (χ3n) is 2.52. The minimum absolute atomic E-state index is 0.0852. The largest absolute Gasteiger partial charge is 0.383 e. The first-order chi connectivity index (χ1) is 9.15. The van der Waals surface area contributed by atoms with Gasteiger partial charge in [0, 0.05) is 18.4 Å². The van der Waals surface area contributed by atoms with E-state index in [-0.39, 0.29) is 6.04 Å². The number of pyridine rings is 2. The van der Waals surface area contributed by atoms with Crippen LogP contribution >= 0.6 is 0 Å². The molecule has 0 fully saturated rings. The lowest BCUT2D eigenvalue weighted by Gasteiger charge is -2.06. The molecule has 2 aromatic rings. The Morgan fingerprint density at radius 2 is 2.11 bits per heavy atom. The maximum Gasteiger partial charge on any atom is 0.139 e. The molecular formula is C15H16N4. The van der Waals surface area contributed by atoms with Gasteiger partial charge in [-0.15, -0.1) is 0 Å². The van der Waals surface area contributed by atoms with Gasteiger partial charge >= 0.3 is 0 Å². The van der Waals surface area contributed by atoms with E-state index in [0.717, 1.165) is 12.0 Å². The molecule has 1 unspecified atom stereocenters. The first-order valence-corrected chi connectivity index (χ1v) is 6.08. The molecule has 1 atom stereocenters. The van der Waals surface area contributed by atoms with Crippen LogP contribution in [0.4, 0.5) is 5.82 Å². The summed E-state index contributed by atoms with van der Waals surface area (Å²) in [5.74, 6) is 6.40. The van der Waals surface area contributed by atoms with Crippen LogP contribution < -0.4 is 11.5 Å². The van der Waals surface area contributed by atoms with Gasteiger partial charge in [-0.2, -0.15) is 0 Å². The Bertz CT molecular complexity index is 609. The van der Waals surface area contributed by atoms with Crippen LogP contribution in [0, 0.1) is 11.8 Å². The maximum absolute atomic E-state index is 5.82. The van der Waals surface area contributed by atoms with E-state index < -0.39 is 0 Å². The van der Waals surface area contributed by atoms with E-state index in [4.69, 9.17) is 11.5 Å². The fourth-order valence-electron chi connectivity index (χ4n) is 1.67. The molecule has 4 N–H and O–H groups in total. The summed E-state index contributed by atoms with van der Waals surface area (Å²) in [6.45, 7) is 1.95. The predicted molar refractivity (Wildman–Crippen MR) is 76.2 cm³/mol. The Balaban J connectivity index is 2.27. The number of hydrogen-bond acceptors (Lipinski definition) is 4. The quantitative estimate of drug-likeness (QED) is 0.791. The lowest BCUT2D eigenvalue weighted by molar-refractivity contribution is 0.736. The summed E-state index contributed by atoms with van der Waals surface area (Å²) in [6, 6.07) is 7.61. The SMILES string of the molecule is CC(N)Cc1cnc(N)c(C#Cc2ccccn2)c1. The minimum atomic E-state index is 0.0852. The van der Waals surface area contributed by atoms with Gasteiger partial charge in [-0.1, -0.05) is 12.0 Å². The highest BCUT2D eigenvalue weighted by atomic mass is 14.8. The van der Waals surface area contributed by atoms with E-state index in [1.807, 2.05) is 31.2 Å². The average molecular weight is 252 g/mol. The number of nitrogen functional groups attached to an aromatic ring is 1. The van der Waals surface area contributed by atoms with E-state index in [9.17, 15) is 0 Å². The first kappa shape index (κ1) is 13.1. The van der Waals surface area contributed by atoms with Crippen molar-refractivity contribution in [2.45, 2.75) is 19.4 Å². The molecule has 0 radical (unpaired) electrons. The van der Waals surface area contributed by atoms with Gasteiger partial charge in [0.15, 0.2) is 0 Å². The van der Waals surface area contributed by atoms with Crippen LogP contribution in [0.3, 0.4) is 0 Å². The summed E-state index contributed by atoms with van der Waals surface area (Å²) in [5, 5.41) is 0. The number of anilines is 1. The van der Waals surface area contributed by atoms with Crippen LogP contribution in [0.15, 0.2) is 36.7 Å². The van der Waals surface area contributed by atoms with Crippen LogP contribution in [-0.4, -0.2) is 16.0 Å². The molecule has 0 aromatic carbocycles. The maximum atomic E-state index is 5.82. The standard InChI is InChI=1S/C15H16N4/c1-11(16)8-12-9-13(15(17)19-10-12)5-6-14-4-2-3-7-18-14/h2-4,7,9-11H,8,16H2,1H3,(H2,17,19). The van der Waals surface area contributed by atoms with Crippen molar-refractivity contribution in [3.05, 3.63) is 53.5 Å². The molecule has 2 rings (SSSR count). The van der Waals surface area contributed by atoms with E-state index in [1.165, 1.54) is 0 Å². The normalized spacial score (nSPS) is 11.5. The van der Waals surface area contributed by atoms with Crippen LogP contribution in [0.25, 0.3) is 0 Å². The molecule has 4 heteroatoms. The second-order valence-electron chi connectivity index (χ2n) is 4.42. The second kappa shape index (κ2) is 5.98. The molecule has 0 bridgehead atoms. The molecule has 2 heterocycles. The molecule has 0 saturated heterocycles. The molecule has 0 aliphatic carbocycles. The zero-order chi connectivity index (χ0) is 13.7. The van der Waals surface area contributed by atoms with Gasteiger partial charge in [0.1, 0.15) is 11.5 Å². The van der Waals surface area contributed by atoms with Gasteiger partial charge in [-0.05, 0) is 43.0 Å². The monoisotopic (exact) mass is 252 g/mol. The number of aromatic nitrogens is 2. The van der Waals surface area contributed by atoms with Crippen LogP contribution in [-0.2, 0) is 6.42 Å². The molecule has 0 aliphatic rings. The summed E-state index contributed by atoms with van der Waals surface area (Å²) in [7, 11) is 0. The minimum Gasteiger partial charge on any atom is -0.383 e. The predicted octanol–water partition coefficient (Wildman–Crippen LogP) is 1.35. The topological polar surface area (TPSA) is 77.8 Å². The van der Waals surface area contributed by atoms with E-state index in [1.54, 1.807) is 12.4 Å². The smallest absolute Gasteiger partial charge is 0.139 e. The van der Waals surface area contributed by atoms with Crippen LogP contribution in [0.5, 0.6) is 0 Å². The molecule has 0 saturated carbocycles. The van der Waals surface area contributed by atoms with Gasteiger partial charge < -0.3 is 11.5 Å². The highest BCUT2D eigenvalue weighted by Gasteiger charge is 2.02. The van der Waals surface area contributed by atoms with E-state index in [2.05, 4.69) is 21.8 Å². The summed E-state index contributed by atoms with van der Waals surface area (Å²) in [4.78, 5) is 8.28. The fraction of sp³-hybridized carbons (Fsp3) is 0.200. The Labute approximate surface area is 112 Å². The molecule has 4 nitrogen and oxygen atoms in total. The van der Waals surface area contributed by atoms with Crippen molar-refractivity contribution in [3.63, 3.8) is 0 Å². The Kier molecular flexibility index (Phi) is 4.11. The average Bonchev–Trinajstić information content (AvgIpc) is 2.40. The number of nitrogens with two attached hydrogens (primary N) is 2. The highest BCUT2D eigenvalue weighted by Crippen LogP contribution is 2.11. The fourth-order valence-corrected chi connectivity index (χ4v) is 1.67. The zero-order valence-corrected chi connectivity index (χ0v) is 10.8. The van der Waals surface area contributed by atoms with Crippen molar-refractivity contribution >= 4 is 5.82 Å². The summed E-state index contributed by atoms with van der Waals surface area (Å²) < 4.78 is 0. The van der Waals surface area contributed by atoms with E-state index >= 15 is 0 Å². The molecule has 96 valence electrons. The lowest BCUT2D eigenvalue weighted by Crippen LogP contribution is -2.18. The summed E-state index contributed by atoms with van der Waals surface area (Å²) in [5.41, 5.74) is 14.0. The lowest BCUT2D eigenvalue weighted by atomic mass is 10.1.